The average Bonchev–Trinajstić information content (AvgIpc) is 2.80. The third kappa shape index (κ3) is 6.63. The number of guanidine groups is 1. The number of aliphatic imine (C=N–C) groups is 1. The van der Waals surface area contributed by atoms with Crippen LogP contribution in [0, 0.1) is 0 Å². The fourth-order valence-corrected chi connectivity index (χ4v) is 2.75. The van der Waals surface area contributed by atoms with Gasteiger partial charge in [0.05, 0.1) is 0 Å². The zero-order chi connectivity index (χ0) is 22.9. The van der Waals surface area contributed by atoms with E-state index in [1.165, 1.54) is 7.05 Å². The standard InChI is InChI=1S/C22H19Cl2N5O3/c1-25-20(26-17-5-3-2-4-6-17)29(21(30)27-18-11-7-15(23)8-12-18)32-22(31)28-19-13-9-16(24)10-14-19/h2-14H,1H3,(H,25,26)(H,27,30)(H,28,31). The molecule has 8 nitrogen and oxygen atoms in total. The van der Waals surface area contributed by atoms with Gasteiger partial charge in [-0.2, -0.15) is 0 Å². The fraction of sp³-hybridized carbons (Fsp3) is 0.0455. The van der Waals surface area contributed by atoms with Gasteiger partial charge in [0.15, 0.2) is 0 Å². The molecule has 0 aliphatic carbocycles. The van der Waals surface area contributed by atoms with Crippen LogP contribution in [0.2, 0.25) is 10.0 Å². The van der Waals surface area contributed by atoms with Crippen LogP contribution in [0.15, 0.2) is 83.9 Å². The number of halogens is 2. The average molecular weight is 472 g/mol. The number of carbonyl (C=O) groups is 2. The predicted molar refractivity (Wildman–Crippen MR) is 127 cm³/mol. The van der Waals surface area contributed by atoms with Gasteiger partial charge in [-0.3, -0.25) is 10.3 Å². The van der Waals surface area contributed by atoms with Gasteiger partial charge in [-0.05, 0) is 60.7 Å². The molecule has 3 N–H and O–H groups in total. The van der Waals surface area contributed by atoms with Crippen LogP contribution in [-0.4, -0.2) is 30.2 Å². The number of amides is 3. The number of hydrogen-bond acceptors (Lipinski definition) is 4. The predicted octanol–water partition coefficient (Wildman–Crippen LogP) is 6.09. The molecule has 0 saturated carbocycles. The minimum absolute atomic E-state index is 0.0195. The molecule has 0 saturated heterocycles. The molecule has 3 amide bonds. The van der Waals surface area contributed by atoms with E-state index in [4.69, 9.17) is 28.0 Å². The highest BCUT2D eigenvalue weighted by molar-refractivity contribution is 6.31. The summed E-state index contributed by atoms with van der Waals surface area (Å²) in [6, 6.07) is 21.1. The maximum atomic E-state index is 13.0. The molecule has 3 aromatic carbocycles. The van der Waals surface area contributed by atoms with Crippen LogP contribution >= 0.6 is 23.2 Å². The molecule has 0 atom stereocenters. The van der Waals surface area contributed by atoms with Crippen molar-refractivity contribution in [3.63, 3.8) is 0 Å². The molecule has 10 heteroatoms. The smallest absolute Gasteiger partial charge is 0.323 e. The first-order valence-corrected chi connectivity index (χ1v) is 10.1. The van der Waals surface area contributed by atoms with Crippen LogP contribution in [0.25, 0.3) is 0 Å². The molecule has 0 aliphatic heterocycles. The summed E-state index contributed by atoms with van der Waals surface area (Å²) in [5.41, 5.74) is 1.52. The summed E-state index contributed by atoms with van der Waals surface area (Å²) < 4.78 is 0. The highest BCUT2D eigenvalue weighted by Crippen LogP contribution is 2.16. The molecule has 0 fully saturated rings. The van der Waals surface area contributed by atoms with E-state index in [1.807, 2.05) is 18.2 Å². The molecular weight excluding hydrogens is 453 g/mol. The maximum Gasteiger partial charge on any atom is 0.436 e. The third-order valence-corrected chi connectivity index (χ3v) is 4.48. The van der Waals surface area contributed by atoms with Crippen molar-refractivity contribution in [1.29, 1.82) is 0 Å². The van der Waals surface area contributed by atoms with Gasteiger partial charge in [0.25, 0.3) is 0 Å². The van der Waals surface area contributed by atoms with Crippen molar-refractivity contribution in [2.45, 2.75) is 0 Å². The van der Waals surface area contributed by atoms with Gasteiger partial charge in [0.1, 0.15) is 0 Å². The molecule has 0 heterocycles. The Hall–Kier alpha value is -3.75. The highest BCUT2D eigenvalue weighted by atomic mass is 35.5. The van der Waals surface area contributed by atoms with Crippen LogP contribution in [0.1, 0.15) is 0 Å². The summed E-state index contributed by atoms with van der Waals surface area (Å²) in [5.74, 6) is -0.0195. The van der Waals surface area contributed by atoms with E-state index in [2.05, 4.69) is 20.9 Å². The van der Waals surface area contributed by atoms with Gasteiger partial charge in [-0.25, -0.2) is 9.59 Å². The number of benzene rings is 3. The van der Waals surface area contributed by atoms with E-state index >= 15 is 0 Å². The Bertz CT molecular complexity index is 1090. The van der Waals surface area contributed by atoms with E-state index in [0.29, 0.717) is 32.2 Å². The Morgan fingerprint density at radius 3 is 1.78 bits per heavy atom. The molecule has 3 aromatic rings. The van der Waals surface area contributed by atoms with Crippen molar-refractivity contribution >= 4 is 58.3 Å². The topological polar surface area (TPSA) is 95.1 Å². The van der Waals surface area contributed by atoms with E-state index in [-0.39, 0.29) is 5.96 Å². The van der Waals surface area contributed by atoms with Gasteiger partial charge in [0.2, 0.25) is 5.96 Å². The van der Waals surface area contributed by atoms with E-state index in [0.717, 1.165) is 0 Å². The summed E-state index contributed by atoms with van der Waals surface area (Å²) in [5, 5.41) is 9.85. The Kier molecular flexibility index (Phi) is 7.91. The van der Waals surface area contributed by atoms with Crippen LogP contribution in [0.4, 0.5) is 26.7 Å². The molecule has 0 bridgehead atoms. The number of nitrogens with zero attached hydrogens (tertiary/aromatic N) is 2. The van der Waals surface area contributed by atoms with Crippen molar-refractivity contribution in [2.24, 2.45) is 4.99 Å². The summed E-state index contributed by atoms with van der Waals surface area (Å²) in [6.07, 6.45) is -0.908. The maximum absolute atomic E-state index is 13.0. The van der Waals surface area contributed by atoms with Crippen molar-refractivity contribution in [3.05, 3.63) is 88.9 Å². The summed E-state index contributed by atoms with van der Waals surface area (Å²) in [7, 11) is 1.45. The number of carbonyl (C=O) groups excluding carboxylic acids is 2. The first-order valence-electron chi connectivity index (χ1n) is 9.34. The zero-order valence-corrected chi connectivity index (χ0v) is 18.4. The second kappa shape index (κ2) is 11.0. The van der Waals surface area contributed by atoms with Crippen LogP contribution in [0.5, 0.6) is 0 Å². The lowest BCUT2D eigenvalue weighted by Gasteiger charge is -2.23. The molecular formula is C22H19Cl2N5O3. The molecule has 0 spiro atoms. The van der Waals surface area contributed by atoms with Crippen LogP contribution in [0.3, 0.4) is 0 Å². The third-order valence-electron chi connectivity index (χ3n) is 3.98. The molecule has 3 rings (SSSR count). The Labute approximate surface area is 194 Å². The fourth-order valence-electron chi connectivity index (χ4n) is 2.49. The summed E-state index contributed by atoms with van der Waals surface area (Å²) in [6.45, 7) is 0. The lowest BCUT2D eigenvalue weighted by Crippen LogP contribution is -2.45. The van der Waals surface area contributed by atoms with E-state index in [9.17, 15) is 9.59 Å². The number of nitrogens with one attached hydrogen (secondary N) is 3. The van der Waals surface area contributed by atoms with Crippen molar-refractivity contribution in [3.8, 4) is 0 Å². The van der Waals surface area contributed by atoms with Gasteiger partial charge in [-0.15, -0.1) is 0 Å². The van der Waals surface area contributed by atoms with Crippen molar-refractivity contribution in [1.82, 2.24) is 5.06 Å². The Morgan fingerprint density at radius 1 is 0.750 bits per heavy atom. The number of rotatable bonds is 3. The second-order valence-corrected chi connectivity index (χ2v) is 7.15. The first kappa shape index (κ1) is 22.9. The SMILES string of the molecule is CN=C(Nc1ccccc1)N(OC(=O)Nc1ccc(Cl)cc1)C(=O)Nc1ccc(Cl)cc1. The summed E-state index contributed by atoms with van der Waals surface area (Å²) in [4.78, 5) is 34.8. The molecule has 164 valence electrons. The summed E-state index contributed by atoms with van der Waals surface area (Å²) >= 11 is 11.8. The molecule has 0 radical (unpaired) electrons. The highest BCUT2D eigenvalue weighted by Gasteiger charge is 2.25. The number of para-hydroxylation sites is 1. The Morgan fingerprint density at radius 2 is 1.25 bits per heavy atom. The minimum atomic E-state index is -0.908. The van der Waals surface area contributed by atoms with Gasteiger partial charge in [0, 0.05) is 34.2 Å². The molecule has 0 aromatic heterocycles. The monoisotopic (exact) mass is 471 g/mol. The molecule has 0 unspecified atom stereocenters. The Balaban J connectivity index is 1.79. The molecule has 0 aliphatic rings. The minimum Gasteiger partial charge on any atom is -0.323 e. The molecule has 32 heavy (non-hydrogen) atoms. The van der Waals surface area contributed by atoms with Crippen LogP contribution in [-0.2, 0) is 4.84 Å². The quantitative estimate of drug-likeness (QED) is 0.244. The normalized spacial score (nSPS) is 10.8. The zero-order valence-electron chi connectivity index (χ0n) is 16.9. The van der Waals surface area contributed by atoms with Gasteiger partial charge < -0.3 is 15.5 Å². The van der Waals surface area contributed by atoms with Crippen LogP contribution < -0.4 is 16.0 Å². The number of anilines is 3. The lowest BCUT2D eigenvalue weighted by molar-refractivity contribution is 0.0118. The largest absolute Gasteiger partial charge is 0.436 e. The number of urea groups is 1. The van der Waals surface area contributed by atoms with E-state index < -0.39 is 12.1 Å². The van der Waals surface area contributed by atoms with Gasteiger partial charge in [-0.1, -0.05) is 46.5 Å². The van der Waals surface area contributed by atoms with Crippen molar-refractivity contribution < 1.29 is 14.4 Å². The lowest BCUT2D eigenvalue weighted by atomic mass is 10.3. The number of hydroxylamine groups is 2. The van der Waals surface area contributed by atoms with Crippen molar-refractivity contribution in [2.75, 3.05) is 23.0 Å². The first-order chi connectivity index (χ1) is 15.4. The number of hydrogen-bond donors (Lipinski definition) is 3. The second-order valence-electron chi connectivity index (χ2n) is 6.28. The van der Waals surface area contributed by atoms with Gasteiger partial charge >= 0.3 is 12.1 Å². The van der Waals surface area contributed by atoms with E-state index in [1.54, 1.807) is 60.7 Å².